The van der Waals surface area contributed by atoms with Gasteiger partial charge in [0, 0.05) is 29.9 Å². The van der Waals surface area contributed by atoms with E-state index in [1.165, 1.54) is 18.2 Å². The molecule has 0 radical (unpaired) electrons. The largest absolute Gasteiger partial charge is 0.389 e. The number of thiocarbonyl (C=S) groups is 1. The SMILES string of the molecule is CCN(Cc1cc(C(N)=S)ccc1F)c1cccc(F)c1. The third-order valence-electron chi connectivity index (χ3n) is 3.25. The Morgan fingerprint density at radius 2 is 1.95 bits per heavy atom. The van der Waals surface area contributed by atoms with E-state index in [0.717, 1.165) is 0 Å². The molecule has 0 amide bonds. The molecule has 0 bridgehead atoms. The van der Waals surface area contributed by atoms with Gasteiger partial charge >= 0.3 is 0 Å². The van der Waals surface area contributed by atoms with Crippen LogP contribution in [0.4, 0.5) is 14.5 Å². The fraction of sp³-hybridized carbons (Fsp3) is 0.188. The third kappa shape index (κ3) is 3.76. The van der Waals surface area contributed by atoms with Gasteiger partial charge in [-0.25, -0.2) is 8.78 Å². The highest BCUT2D eigenvalue weighted by atomic mass is 32.1. The maximum atomic E-state index is 13.9. The van der Waals surface area contributed by atoms with Crippen LogP contribution >= 0.6 is 12.2 Å². The molecule has 0 aliphatic carbocycles. The summed E-state index contributed by atoms with van der Waals surface area (Å²) in [6, 6.07) is 10.8. The van der Waals surface area contributed by atoms with E-state index in [4.69, 9.17) is 18.0 Å². The molecule has 0 saturated carbocycles. The first kappa shape index (κ1) is 15.4. The van der Waals surface area contributed by atoms with Gasteiger partial charge < -0.3 is 10.6 Å². The van der Waals surface area contributed by atoms with Crippen molar-refractivity contribution >= 4 is 22.9 Å². The van der Waals surface area contributed by atoms with Crippen LogP contribution < -0.4 is 10.6 Å². The van der Waals surface area contributed by atoms with Crippen molar-refractivity contribution in [3.63, 3.8) is 0 Å². The molecule has 0 atom stereocenters. The Hall–Kier alpha value is -2.01. The molecule has 2 aromatic carbocycles. The zero-order valence-corrected chi connectivity index (χ0v) is 12.5. The number of halogens is 2. The van der Waals surface area contributed by atoms with Crippen molar-refractivity contribution in [2.24, 2.45) is 5.73 Å². The Labute approximate surface area is 128 Å². The smallest absolute Gasteiger partial charge is 0.128 e. The Bertz CT molecular complexity index is 658. The number of anilines is 1. The quantitative estimate of drug-likeness (QED) is 0.855. The van der Waals surface area contributed by atoms with E-state index >= 15 is 0 Å². The van der Waals surface area contributed by atoms with Gasteiger partial charge in [-0.15, -0.1) is 0 Å². The molecule has 110 valence electrons. The van der Waals surface area contributed by atoms with Crippen LogP contribution in [0.15, 0.2) is 42.5 Å². The van der Waals surface area contributed by atoms with Gasteiger partial charge in [-0.3, -0.25) is 0 Å². The molecule has 0 aliphatic rings. The number of nitrogens with two attached hydrogens (primary N) is 1. The van der Waals surface area contributed by atoms with Crippen LogP contribution in [0.3, 0.4) is 0 Å². The van der Waals surface area contributed by atoms with Crippen molar-refractivity contribution in [3.8, 4) is 0 Å². The molecule has 2 rings (SSSR count). The highest BCUT2D eigenvalue weighted by molar-refractivity contribution is 7.80. The lowest BCUT2D eigenvalue weighted by atomic mass is 10.1. The minimum Gasteiger partial charge on any atom is -0.389 e. The maximum Gasteiger partial charge on any atom is 0.128 e. The molecule has 2 N–H and O–H groups in total. The second-order valence-electron chi connectivity index (χ2n) is 4.66. The first-order valence-electron chi connectivity index (χ1n) is 6.60. The lowest BCUT2D eigenvalue weighted by Gasteiger charge is -2.23. The van der Waals surface area contributed by atoms with Crippen molar-refractivity contribution in [2.45, 2.75) is 13.5 Å². The first-order valence-corrected chi connectivity index (χ1v) is 7.01. The van der Waals surface area contributed by atoms with Gasteiger partial charge in [-0.1, -0.05) is 18.3 Å². The maximum absolute atomic E-state index is 13.9. The van der Waals surface area contributed by atoms with E-state index in [1.807, 2.05) is 11.8 Å². The third-order valence-corrected chi connectivity index (χ3v) is 3.48. The van der Waals surface area contributed by atoms with Crippen LogP contribution in [0.2, 0.25) is 0 Å². The van der Waals surface area contributed by atoms with E-state index in [-0.39, 0.29) is 16.6 Å². The monoisotopic (exact) mass is 306 g/mol. The van der Waals surface area contributed by atoms with Crippen LogP contribution in [-0.4, -0.2) is 11.5 Å². The molecule has 0 spiro atoms. The topological polar surface area (TPSA) is 29.3 Å². The summed E-state index contributed by atoms with van der Waals surface area (Å²) in [4.78, 5) is 2.11. The molecule has 0 fully saturated rings. The van der Waals surface area contributed by atoms with E-state index < -0.39 is 0 Å². The average molecular weight is 306 g/mol. The van der Waals surface area contributed by atoms with Gasteiger partial charge in [-0.2, -0.15) is 0 Å². The zero-order valence-electron chi connectivity index (χ0n) is 11.6. The molecule has 2 aromatic rings. The number of hydrogen-bond acceptors (Lipinski definition) is 2. The molecule has 0 aromatic heterocycles. The molecule has 21 heavy (non-hydrogen) atoms. The summed E-state index contributed by atoms with van der Waals surface area (Å²) in [5, 5.41) is 0. The van der Waals surface area contributed by atoms with Crippen molar-refractivity contribution in [2.75, 3.05) is 11.4 Å². The fourth-order valence-corrected chi connectivity index (χ4v) is 2.24. The number of nitrogens with zero attached hydrogens (tertiary/aromatic N) is 1. The van der Waals surface area contributed by atoms with Gasteiger partial charge in [0.2, 0.25) is 0 Å². The van der Waals surface area contributed by atoms with Crippen LogP contribution in [-0.2, 0) is 6.54 Å². The summed E-state index contributed by atoms with van der Waals surface area (Å²) in [5.41, 5.74) is 7.38. The Balaban J connectivity index is 2.30. The molecule has 0 unspecified atom stereocenters. The van der Waals surface area contributed by atoms with Crippen LogP contribution in [0, 0.1) is 11.6 Å². The Kier molecular flexibility index (Phi) is 4.85. The predicted octanol–water partition coefficient (Wildman–Crippen LogP) is 3.63. The second kappa shape index (κ2) is 6.63. The summed E-state index contributed by atoms with van der Waals surface area (Å²) in [6.45, 7) is 2.88. The van der Waals surface area contributed by atoms with E-state index in [9.17, 15) is 8.78 Å². The van der Waals surface area contributed by atoms with Crippen molar-refractivity contribution in [1.82, 2.24) is 0 Å². The summed E-state index contributed by atoms with van der Waals surface area (Å²) in [7, 11) is 0. The van der Waals surface area contributed by atoms with Gasteiger partial charge in [0.25, 0.3) is 0 Å². The van der Waals surface area contributed by atoms with Gasteiger partial charge in [0.15, 0.2) is 0 Å². The number of rotatable bonds is 5. The van der Waals surface area contributed by atoms with E-state index in [0.29, 0.717) is 29.9 Å². The van der Waals surface area contributed by atoms with Crippen LogP contribution in [0.1, 0.15) is 18.1 Å². The average Bonchev–Trinajstić information content (AvgIpc) is 2.46. The van der Waals surface area contributed by atoms with Crippen LogP contribution in [0.25, 0.3) is 0 Å². The highest BCUT2D eigenvalue weighted by Crippen LogP contribution is 2.20. The second-order valence-corrected chi connectivity index (χ2v) is 5.10. The van der Waals surface area contributed by atoms with Crippen LogP contribution in [0.5, 0.6) is 0 Å². The predicted molar refractivity (Wildman–Crippen MR) is 85.4 cm³/mol. The molecule has 0 heterocycles. The minimum absolute atomic E-state index is 0.227. The first-order chi connectivity index (χ1) is 10.0. The van der Waals surface area contributed by atoms with Gasteiger partial charge in [0.05, 0.1) is 0 Å². The standard InChI is InChI=1S/C16H16F2N2S/c1-2-20(14-5-3-4-13(17)9-14)10-12-8-11(16(19)21)6-7-15(12)18/h3-9H,2,10H2,1H3,(H2,19,21). The summed E-state index contributed by atoms with van der Waals surface area (Å²) < 4.78 is 27.3. The molecular weight excluding hydrogens is 290 g/mol. The number of hydrogen-bond donors (Lipinski definition) is 1. The molecular formula is C16H16F2N2S. The Morgan fingerprint density at radius 1 is 1.19 bits per heavy atom. The molecule has 0 aliphatic heterocycles. The summed E-state index contributed by atoms with van der Waals surface area (Å²) >= 11 is 4.91. The van der Waals surface area contributed by atoms with E-state index in [2.05, 4.69) is 0 Å². The van der Waals surface area contributed by atoms with Gasteiger partial charge in [0.1, 0.15) is 16.6 Å². The van der Waals surface area contributed by atoms with Crippen molar-refractivity contribution < 1.29 is 8.78 Å². The number of benzene rings is 2. The minimum atomic E-state index is -0.329. The lowest BCUT2D eigenvalue weighted by Crippen LogP contribution is -2.23. The molecule has 2 nitrogen and oxygen atoms in total. The van der Waals surface area contributed by atoms with Crippen molar-refractivity contribution in [1.29, 1.82) is 0 Å². The van der Waals surface area contributed by atoms with E-state index in [1.54, 1.807) is 24.3 Å². The lowest BCUT2D eigenvalue weighted by molar-refractivity contribution is 0.604. The highest BCUT2D eigenvalue weighted by Gasteiger charge is 2.11. The Morgan fingerprint density at radius 3 is 2.57 bits per heavy atom. The van der Waals surface area contributed by atoms with Crippen molar-refractivity contribution in [3.05, 3.63) is 65.2 Å². The summed E-state index contributed by atoms with van der Waals surface area (Å²) in [6.07, 6.45) is 0. The fourth-order valence-electron chi connectivity index (χ4n) is 2.11. The zero-order chi connectivity index (χ0) is 15.4. The molecule has 0 saturated heterocycles. The normalized spacial score (nSPS) is 10.4. The van der Waals surface area contributed by atoms with Gasteiger partial charge in [-0.05, 0) is 43.3 Å². The summed E-state index contributed by atoms with van der Waals surface area (Å²) in [5.74, 6) is -0.645. The molecule has 5 heteroatoms.